The summed E-state index contributed by atoms with van der Waals surface area (Å²) in [6.07, 6.45) is 10.2. The topological polar surface area (TPSA) is 83.1 Å². The fourth-order valence-corrected chi connectivity index (χ4v) is 5.28. The second kappa shape index (κ2) is 11.4. The Kier molecular flexibility index (Phi) is 8.10. The van der Waals surface area contributed by atoms with Crippen LogP contribution in [0.2, 0.25) is 0 Å². The lowest BCUT2D eigenvalue weighted by Crippen LogP contribution is -2.47. The lowest BCUT2D eigenvalue weighted by molar-refractivity contribution is -0.127. The number of amides is 2. The maximum atomic E-state index is 13.3. The number of nitrogens with one attached hydrogen (secondary N) is 3. The van der Waals surface area contributed by atoms with Gasteiger partial charge in [-0.15, -0.1) is 0 Å². The number of hydrogen-bond acceptors (Lipinski definition) is 4. The van der Waals surface area contributed by atoms with Gasteiger partial charge in [0.05, 0.1) is 12.1 Å². The van der Waals surface area contributed by atoms with E-state index in [2.05, 4.69) is 33.1 Å². The van der Waals surface area contributed by atoms with Gasteiger partial charge in [0, 0.05) is 31.3 Å². The van der Waals surface area contributed by atoms with Crippen molar-refractivity contribution < 1.29 is 9.59 Å². The largest absolute Gasteiger partial charge is 0.354 e. The van der Waals surface area contributed by atoms with Crippen LogP contribution in [0, 0.1) is 5.41 Å². The van der Waals surface area contributed by atoms with Gasteiger partial charge in [0.15, 0.2) is 0 Å². The molecule has 1 aliphatic carbocycles. The van der Waals surface area contributed by atoms with Crippen molar-refractivity contribution in [2.24, 2.45) is 5.41 Å². The number of hydrogen-bond donors (Lipinski definition) is 3. The van der Waals surface area contributed by atoms with Crippen LogP contribution in [-0.2, 0) is 16.0 Å². The molecule has 1 aromatic heterocycles. The molecule has 6 heteroatoms. The summed E-state index contributed by atoms with van der Waals surface area (Å²) in [7, 11) is 0. The number of carbonyl (C=O) groups excluding carboxylic acids is 2. The average molecular weight is 449 g/mol. The van der Waals surface area contributed by atoms with E-state index in [1.165, 1.54) is 6.42 Å². The van der Waals surface area contributed by atoms with Crippen molar-refractivity contribution in [3.63, 3.8) is 0 Å². The molecule has 1 saturated heterocycles. The third-order valence-electron chi connectivity index (χ3n) is 7.14. The number of benzene rings is 1. The van der Waals surface area contributed by atoms with Crippen LogP contribution in [0.4, 0.5) is 0 Å². The Morgan fingerprint density at radius 3 is 2.52 bits per heavy atom. The van der Waals surface area contributed by atoms with E-state index >= 15 is 0 Å². The van der Waals surface area contributed by atoms with Gasteiger partial charge in [-0.25, -0.2) is 0 Å². The minimum Gasteiger partial charge on any atom is -0.354 e. The summed E-state index contributed by atoms with van der Waals surface area (Å²) >= 11 is 0. The van der Waals surface area contributed by atoms with E-state index in [0.29, 0.717) is 19.4 Å². The molecule has 1 aromatic carbocycles. The number of carbonyl (C=O) groups is 2. The van der Waals surface area contributed by atoms with Crippen LogP contribution < -0.4 is 16.0 Å². The highest BCUT2D eigenvalue weighted by atomic mass is 16.2. The zero-order valence-corrected chi connectivity index (χ0v) is 19.4. The first-order chi connectivity index (χ1) is 16.1. The zero-order chi connectivity index (χ0) is 22.9. The molecule has 0 bridgehead atoms. The van der Waals surface area contributed by atoms with Crippen molar-refractivity contribution in [1.29, 1.82) is 0 Å². The van der Waals surface area contributed by atoms with Crippen LogP contribution >= 0.6 is 0 Å². The van der Waals surface area contributed by atoms with Gasteiger partial charge >= 0.3 is 0 Å². The van der Waals surface area contributed by atoms with E-state index in [-0.39, 0.29) is 29.3 Å². The van der Waals surface area contributed by atoms with Crippen LogP contribution in [0.3, 0.4) is 0 Å². The quantitative estimate of drug-likeness (QED) is 0.546. The Labute approximate surface area is 197 Å². The summed E-state index contributed by atoms with van der Waals surface area (Å²) in [6.45, 7) is 1.48. The Balaban J connectivity index is 1.42. The van der Waals surface area contributed by atoms with Crippen molar-refractivity contribution in [1.82, 2.24) is 20.9 Å². The molecular weight excluding hydrogens is 412 g/mol. The monoisotopic (exact) mass is 448 g/mol. The molecule has 2 unspecified atom stereocenters. The van der Waals surface area contributed by atoms with Gasteiger partial charge < -0.3 is 16.0 Å². The fourth-order valence-electron chi connectivity index (χ4n) is 5.28. The molecule has 0 radical (unpaired) electrons. The van der Waals surface area contributed by atoms with Gasteiger partial charge in [-0.1, -0.05) is 55.7 Å². The lowest BCUT2D eigenvalue weighted by atomic mass is 9.71. The first kappa shape index (κ1) is 23.4. The van der Waals surface area contributed by atoms with E-state index in [1.54, 1.807) is 6.20 Å². The molecule has 2 aliphatic rings. The number of pyridine rings is 1. The van der Waals surface area contributed by atoms with Crippen LogP contribution in [0.1, 0.15) is 68.7 Å². The highest BCUT2D eigenvalue weighted by Crippen LogP contribution is 2.39. The summed E-state index contributed by atoms with van der Waals surface area (Å²) in [5.74, 6) is 0.130. The summed E-state index contributed by atoms with van der Waals surface area (Å²) in [5.41, 5.74) is 1.87. The Morgan fingerprint density at radius 1 is 1.03 bits per heavy atom. The molecule has 0 spiro atoms. The molecule has 2 heterocycles. The van der Waals surface area contributed by atoms with Crippen LogP contribution in [0.5, 0.6) is 0 Å². The van der Waals surface area contributed by atoms with E-state index in [4.69, 9.17) is 0 Å². The van der Waals surface area contributed by atoms with Crippen molar-refractivity contribution in [2.45, 2.75) is 69.9 Å². The SMILES string of the molecule is O=C(CC1(CNC(=O)C2CCCN2)CCCCC1)NC(Cc1ccccn1)c1ccccc1. The average Bonchev–Trinajstić information content (AvgIpc) is 3.39. The molecule has 2 fully saturated rings. The van der Waals surface area contributed by atoms with Crippen LogP contribution in [0.25, 0.3) is 0 Å². The highest BCUT2D eigenvalue weighted by Gasteiger charge is 2.36. The number of nitrogens with zero attached hydrogens (tertiary/aromatic N) is 1. The van der Waals surface area contributed by atoms with Crippen LogP contribution in [0.15, 0.2) is 54.7 Å². The Bertz CT molecular complexity index is 891. The molecule has 3 N–H and O–H groups in total. The van der Waals surface area contributed by atoms with Crippen molar-refractivity contribution in [2.75, 3.05) is 13.1 Å². The van der Waals surface area contributed by atoms with Gasteiger partial charge in [0.2, 0.25) is 11.8 Å². The third kappa shape index (κ3) is 6.64. The predicted octanol–water partition coefficient (Wildman–Crippen LogP) is 3.69. The molecule has 176 valence electrons. The molecule has 2 amide bonds. The molecule has 4 rings (SSSR count). The lowest BCUT2D eigenvalue weighted by Gasteiger charge is -2.37. The Morgan fingerprint density at radius 2 is 1.82 bits per heavy atom. The smallest absolute Gasteiger partial charge is 0.237 e. The molecule has 1 saturated carbocycles. The third-order valence-corrected chi connectivity index (χ3v) is 7.14. The second-order valence-electron chi connectivity index (χ2n) is 9.66. The number of rotatable bonds is 9. The summed E-state index contributed by atoms with van der Waals surface area (Å²) in [4.78, 5) is 30.4. The first-order valence-electron chi connectivity index (χ1n) is 12.4. The Hall–Kier alpha value is -2.73. The minimum atomic E-state index is -0.164. The maximum absolute atomic E-state index is 13.3. The van der Waals surface area contributed by atoms with Crippen molar-refractivity contribution >= 4 is 11.8 Å². The second-order valence-corrected chi connectivity index (χ2v) is 9.66. The molecule has 6 nitrogen and oxygen atoms in total. The molecule has 2 aromatic rings. The van der Waals surface area contributed by atoms with E-state index in [9.17, 15) is 9.59 Å². The predicted molar refractivity (Wildman–Crippen MR) is 129 cm³/mol. The zero-order valence-electron chi connectivity index (χ0n) is 19.4. The summed E-state index contributed by atoms with van der Waals surface area (Å²) in [6, 6.07) is 15.8. The summed E-state index contributed by atoms with van der Waals surface area (Å²) in [5, 5.41) is 9.73. The minimum absolute atomic E-state index is 0.0509. The molecule has 1 aliphatic heterocycles. The fraction of sp³-hybridized carbons (Fsp3) is 0.519. The molecular formula is C27H36N4O2. The van der Waals surface area contributed by atoms with Gasteiger partial charge in [0.1, 0.15) is 0 Å². The van der Waals surface area contributed by atoms with Gasteiger partial charge in [-0.2, -0.15) is 0 Å². The normalized spacial score (nSPS) is 20.7. The van der Waals surface area contributed by atoms with Gasteiger partial charge in [0.25, 0.3) is 0 Å². The highest BCUT2D eigenvalue weighted by molar-refractivity contribution is 5.82. The van der Waals surface area contributed by atoms with E-state index < -0.39 is 0 Å². The number of aromatic nitrogens is 1. The molecule has 2 atom stereocenters. The standard InChI is InChI=1S/C27H36N4O2/c32-25(31-24(21-10-3-1-4-11-21)18-22-12-5-8-16-28-22)19-27(14-6-2-7-15-27)20-30-26(33)23-13-9-17-29-23/h1,3-5,8,10-12,16,23-24,29H,2,6-7,9,13-15,17-20H2,(H,30,33)(H,31,32). The first-order valence-corrected chi connectivity index (χ1v) is 12.4. The van der Waals surface area contributed by atoms with Gasteiger partial charge in [-0.05, 0) is 55.3 Å². The van der Waals surface area contributed by atoms with Gasteiger partial charge in [-0.3, -0.25) is 14.6 Å². The van der Waals surface area contributed by atoms with Crippen LogP contribution in [-0.4, -0.2) is 35.9 Å². The van der Waals surface area contributed by atoms with Crippen molar-refractivity contribution in [3.8, 4) is 0 Å². The summed E-state index contributed by atoms with van der Waals surface area (Å²) < 4.78 is 0. The maximum Gasteiger partial charge on any atom is 0.237 e. The van der Waals surface area contributed by atoms with E-state index in [0.717, 1.165) is 56.3 Å². The molecule has 33 heavy (non-hydrogen) atoms. The van der Waals surface area contributed by atoms with E-state index in [1.807, 2.05) is 36.4 Å². The van der Waals surface area contributed by atoms with Crippen molar-refractivity contribution in [3.05, 3.63) is 66.0 Å².